The first-order valence-electron chi connectivity index (χ1n) is 5.64. The number of rotatable bonds is 4. The number of aromatic nitrogens is 1. The molecule has 1 aromatic carbocycles. The minimum atomic E-state index is 0.0895. The number of H-pyrrole nitrogens is 1. The second-order valence-corrected chi connectivity index (χ2v) is 4.37. The molecule has 0 radical (unpaired) electrons. The average Bonchev–Trinajstić information content (AvgIpc) is 2.68. The van der Waals surface area contributed by atoms with Crippen LogP contribution < -0.4 is 5.32 Å². The number of aromatic amines is 1. The lowest BCUT2D eigenvalue weighted by Gasteiger charge is -2.05. The van der Waals surface area contributed by atoms with Crippen LogP contribution in [0.4, 0.5) is 0 Å². The highest BCUT2D eigenvalue weighted by Crippen LogP contribution is 2.19. The number of aliphatic hydroxyl groups is 1. The maximum atomic E-state index is 9.23. The van der Waals surface area contributed by atoms with Crippen LogP contribution >= 0.6 is 0 Å². The van der Waals surface area contributed by atoms with E-state index < -0.39 is 0 Å². The highest BCUT2D eigenvalue weighted by molar-refractivity contribution is 5.83. The second kappa shape index (κ2) is 4.68. The maximum absolute atomic E-state index is 9.23. The summed E-state index contributed by atoms with van der Waals surface area (Å²) in [4.78, 5) is 3.35. The number of aliphatic hydroxyl groups excluding tert-OH is 1. The molecule has 0 aliphatic heterocycles. The predicted octanol–water partition coefficient (Wildman–Crippen LogP) is 2.16. The molecule has 1 heterocycles. The van der Waals surface area contributed by atoms with Gasteiger partial charge in [-0.25, -0.2) is 0 Å². The molecule has 0 saturated heterocycles. The van der Waals surface area contributed by atoms with E-state index in [0.29, 0.717) is 6.04 Å². The van der Waals surface area contributed by atoms with Gasteiger partial charge in [-0.05, 0) is 17.7 Å². The Morgan fingerprint density at radius 1 is 1.38 bits per heavy atom. The number of fused-ring (bicyclic) bond motifs is 1. The molecule has 0 spiro atoms. The van der Waals surface area contributed by atoms with E-state index in [-0.39, 0.29) is 6.61 Å². The molecule has 0 atom stereocenters. The third-order valence-electron chi connectivity index (χ3n) is 2.68. The van der Waals surface area contributed by atoms with E-state index in [1.54, 1.807) is 0 Å². The Hall–Kier alpha value is -1.32. The van der Waals surface area contributed by atoms with E-state index in [9.17, 15) is 5.11 Å². The monoisotopic (exact) mass is 218 g/mol. The molecule has 0 amide bonds. The van der Waals surface area contributed by atoms with Crippen molar-refractivity contribution in [3.05, 3.63) is 35.5 Å². The zero-order valence-corrected chi connectivity index (χ0v) is 9.75. The summed E-state index contributed by atoms with van der Waals surface area (Å²) in [5.74, 6) is 0. The molecular formula is C13H18N2O. The van der Waals surface area contributed by atoms with Crippen molar-refractivity contribution in [2.75, 3.05) is 0 Å². The molecule has 3 nitrogen and oxygen atoms in total. The molecule has 0 aliphatic rings. The Morgan fingerprint density at radius 3 is 2.88 bits per heavy atom. The van der Waals surface area contributed by atoms with Crippen molar-refractivity contribution in [1.82, 2.24) is 10.3 Å². The van der Waals surface area contributed by atoms with Gasteiger partial charge in [-0.1, -0.05) is 26.0 Å². The Labute approximate surface area is 95.5 Å². The Morgan fingerprint density at radius 2 is 2.19 bits per heavy atom. The number of benzene rings is 1. The largest absolute Gasteiger partial charge is 0.392 e. The molecule has 0 bridgehead atoms. The van der Waals surface area contributed by atoms with Crippen LogP contribution in [-0.2, 0) is 13.2 Å². The molecule has 0 fully saturated rings. The molecule has 0 saturated carbocycles. The predicted molar refractivity (Wildman–Crippen MR) is 66.2 cm³/mol. The van der Waals surface area contributed by atoms with Gasteiger partial charge in [-0.15, -0.1) is 0 Å². The molecule has 3 heteroatoms. The van der Waals surface area contributed by atoms with Gasteiger partial charge in [0.25, 0.3) is 0 Å². The summed E-state index contributed by atoms with van der Waals surface area (Å²) in [6.07, 6.45) is 0. The zero-order chi connectivity index (χ0) is 11.5. The molecule has 3 N–H and O–H groups in total. The van der Waals surface area contributed by atoms with Crippen LogP contribution in [0.25, 0.3) is 10.9 Å². The van der Waals surface area contributed by atoms with E-state index in [1.807, 2.05) is 18.2 Å². The van der Waals surface area contributed by atoms with Crippen molar-refractivity contribution in [3.63, 3.8) is 0 Å². The van der Waals surface area contributed by atoms with Gasteiger partial charge in [0.15, 0.2) is 0 Å². The van der Waals surface area contributed by atoms with Crippen LogP contribution in [0, 0.1) is 0 Å². The van der Waals surface area contributed by atoms with Crippen molar-refractivity contribution in [2.45, 2.75) is 33.0 Å². The smallest absolute Gasteiger partial charge is 0.0688 e. The third-order valence-corrected chi connectivity index (χ3v) is 2.68. The van der Waals surface area contributed by atoms with Crippen LogP contribution in [0.2, 0.25) is 0 Å². The molecular weight excluding hydrogens is 200 g/mol. The SMILES string of the molecule is CC(C)NCc1cc2c(CO)cccc2[nH]1. The minimum absolute atomic E-state index is 0.0895. The van der Waals surface area contributed by atoms with Crippen LogP contribution in [0.3, 0.4) is 0 Å². The highest BCUT2D eigenvalue weighted by Gasteiger charge is 2.04. The zero-order valence-electron chi connectivity index (χ0n) is 9.75. The Kier molecular flexibility index (Phi) is 3.27. The summed E-state index contributed by atoms with van der Waals surface area (Å²) in [6.45, 7) is 5.17. The molecule has 0 aliphatic carbocycles. The topological polar surface area (TPSA) is 48.0 Å². The van der Waals surface area contributed by atoms with Gasteiger partial charge >= 0.3 is 0 Å². The minimum Gasteiger partial charge on any atom is -0.392 e. The summed E-state index contributed by atoms with van der Waals surface area (Å²) in [7, 11) is 0. The quantitative estimate of drug-likeness (QED) is 0.736. The summed E-state index contributed by atoms with van der Waals surface area (Å²) in [5.41, 5.74) is 3.22. The third kappa shape index (κ3) is 2.26. The molecule has 16 heavy (non-hydrogen) atoms. The van der Waals surface area contributed by atoms with Gasteiger partial charge < -0.3 is 15.4 Å². The fourth-order valence-electron chi connectivity index (χ4n) is 1.82. The van der Waals surface area contributed by atoms with Crippen molar-refractivity contribution in [2.24, 2.45) is 0 Å². The lowest BCUT2D eigenvalue weighted by atomic mass is 10.1. The fourth-order valence-corrected chi connectivity index (χ4v) is 1.82. The normalized spacial score (nSPS) is 11.5. The Balaban J connectivity index is 2.29. The average molecular weight is 218 g/mol. The highest BCUT2D eigenvalue weighted by atomic mass is 16.3. The van der Waals surface area contributed by atoms with Crippen molar-refractivity contribution < 1.29 is 5.11 Å². The van der Waals surface area contributed by atoms with Crippen molar-refractivity contribution in [3.8, 4) is 0 Å². The number of hydrogen-bond acceptors (Lipinski definition) is 2. The molecule has 2 aromatic rings. The lowest BCUT2D eigenvalue weighted by Crippen LogP contribution is -2.21. The van der Waals surface area contributed by atoms with Crippen LogP contribution in [0.5, 0.6) is 0 Å². The van der Waals surface area contributed by atoms with Crippen LogP contribution in [0.15, 0.2) is 24.3 Å². The first kappa shape index (κ1) is 11.2. The van der Waals surface area contributed by atoms with E-state index in [0.717, 1.165) is 28.7 Å². The van der Waals surface area contributed by atoms with Crippen LogP contribution in [0.1, 0.15) is 25.1 Å². The summed E-state index contributed by atoms with van der Waals surface area (Å²) in [6, 6.07) is 8.53. The molecule has 1 aromatic heterocycles. The molecule has 0 unspecified atom stereocenters. The van der Waals surface area contributed by atoms with Gasteiger partial charge in [0, 0.05) is 29.2 Å². The number of nitrogens with one attached hydrogen (secondary N) is 2. The van der Waals surface area contributed by atoms with Gasteiger partial charge in [0.05, 0.1) is 6.61 Å². The van der Waals surface area contributed by atoms with Crippen molar-refractivity contribution >= 4 is 10.9 Å². The van der Waals surface area contributed by atoms with Crippen LogP contribution in [-0.4, -0.2) is 16.1 Å². The summed E-state index contributed by atoms with van der Waals surface area (Å²) < 4.78 is 0. The maximum Gasteiger partial charge on any atom is 0.0688 e. The second-order valence-electron chi connectivity index (χ2n) is 4.37. The molecule has 2 rings (SSSR count). The standard InChI is InChI=1S/C13H18N2O/c1-9(2)14-7-11-6-12-10(8-16)4-3-5-13(12)15-11/h3-6,9,14-16H,7-8H2,1-2H3. The Bertz CT molecular complexity index is 474. The van der Waals surface area contributed by atoms with Crippen molar-refractivity contribution in [1.29, 1.82) is 0 Å². The fraction of sp³-hybridized carbons (Fsp3) is 0.385. The van der Waals surface area contributed by atoms with E-state index in [4.69, 9.17) is 0 Å². The molecule has 86 valence electrons. The first-order chi connectivity index (χ1) is 7.70. The van der Waals surface area contributed by atoms with E-state index in [2.05, 4.69) is 30.2 Å². The summed E-state index contributed by atoms with van der Waals surface area (Å²) >= 11 is 0. The first-order valence-corrected chi connectivity index (χ1v) is 5.64. The van der Waals surface area contributed by atoms with Gasteiger partial charge in [-0.2, -0.15) is 0 Å². The summed E-state index contributed by atoms with van der Waals surface area (Å²) in [5, 5.41) is 13.7. The van der Waals surface area contributed by atoms with Gasteiger partial charge in [0.1, 0.15) is 0 Å². The van der Waals surface area contributed by atoms with E-state index in [1.165, 1.54) is 0 Å². The lowest BCUT2D eigenvalue weighted by molar-refractivity contribution is 0.283. The van der Waals surface area contributed by atoms with E-state index >= 15 is 0 Å². The number of hydrogen-bond donors (Lipinski definition) is 3. The van der Waals surface area contributed by atoms with Gasteiger partial charge in [0.2, 0.25) is 0 Å². The van der Waals surface area contributed by atoms with Gasteiger partial charge in [-0.3, -0.25) is 0 Å².